The molecule has 27 heavy (non-hydrogen) atoms. The van der Waals surface area contributed by atoms with E-state index in [1.54, 1.807) is 7.11 Å². The number of nitrogens with one attached hydrogen (secondary N) is 1. The highest BCUT2D eigenvalue weighted by Gasteiger charge is 2.25. The van der Waals surface area contributed by atoms with Gasteiger partial charge in [-0.1, -0.05) is 19.1 Å². The standard InChI is InChI=1S/C21H29N3O3/c1-4-18-8-9-20(27-18)19(15-26-3)22-21(25)24-12-10-23(11-13-24)17-7-5-6-16(2)14-17/h5-9,14,19H,4,10-13,15H2,1-3H3,(H,22,25). The van der Waals surface area contributed by atoms with Crippen molar-refractivity contribution in [2.75, 3.05) is 44.8 Å². The van der Waals surface area contributed by atoms with Crippen molar-refractivity contribution in [2.45, 2.75) is 26.3 Å². The molecule has 0 bridgehead atoms. The SMILES string of the molecule is CCc1ccc(C(COC)NC(=O)N2CCN(c3cccc(C)c3)CC2)o1. The Labute approximate surface area is 161 Å². The lowest BCUT2D eigenvalue weighted by molar-refractivity contribution is 0.145. The number of anilines is 1. The minimum absolute atomic E-state index is 0.0737. The second-order valence-electron chi connectivity index (χ2n) is 6.93. The van der Waals surface area contributed by atoms with Gasteiger partial charge in [-0.2, -0.15) is 0 Å². The molecule has 1 N–H and O–H groups in total. The number of hydrogen-bond acceptors (Lipinski definition) is 4. The van der Waals surface area contributed by atoms with Crippen LogP contribution in [0.5, 0.6) is 0 Å². The maximum atomic E-state index is 12.7. The zero-order chi connectivity index (χ0) is 19.2. The fraction of sp³-hybridized carbons (Fsp3) is 0.476. The van der Waals surface area contributed by atoms with E-state index in [1.165, 1.54) is 11.3 Å². The van der Waals surface area contributed by atoms with Gasteiger partial charge < -0.3 is 24.3 Å². The average Bonchev–Trinajstić information content (AvgIpc) is 3.17. The van der Waals surface area contributed by atoms with Gasteiger partial charge >= 0.3 is 6.03 Å². The first-order valence-electron chi connectivity index (χ1n) is 9.55. The van der Waals surface area contributed by atoms with Crippen molar-refractivity contribution in [1.82, 2.24) is 10.2 Å². The van der Waals surface area contributed by atoms with Gasteiger partial charge in [0.05, 0.1) is 6.61 Å². The predicted octanol–water partition coefficient (Wildman–Crippen LogP) is 3.37. The van der Waals surface area contributed by atoms with Crippen LogP contribution < -0.4 is 10.2 Å². The summed E-state index contributed by atoms with van der Waals surface area (Å²) in [6.45, 7) is 7.56. The zero-order valence-electron chi connectivity index (χ0n) is 16.4. The number of benzene rings is 1. The molecule has 1 saturated heterocycles. The van der Waals surface area contributed by atoms with Crippen molar-refractivity contribution in [3.05, 3.63) is 53.5 Å². The van der Waals surface area contributed by atoms with E-state index >= 15 is 0 Å². The van der Waals surface area contributed by atoms with Crippen LogP contribution in [0.3, 0.4) is 0 Å². The second kappa shape index (κ2) is 8.95. The third-order valence-electron chi connectivity index (χ3n) is 4.94. The van der Waals surface area contributed by atoms with Crippen molar-refractivity contribution < 1.29 is 13.9 Å². The summed E-state index contributed by atoms with van der Waals surface area (Å²) in [4.78, 5) is 16.9. The quantitative estimate of drug-likeness (QED) is 0.846. The number of urea groups is 1. The minimum atomic E-state index is -0.280. The number of hydrogen-bond donors (Lipinski definition) is 1. The monoisotopic (exact) mass is 371 g/mol. The van der Waals surface area contributed by atoms with Crippen molar-refractivity contribution in [3.8, 4) is 0 Å². The first kappa shape index (κ1) is 19.3. The topological polar surface area (TPSA) is 58.0 Å². The molecular formula is C21H29N3O3. The third kappa shape index (κ3) is 4.83. The zero-order valence-corrected chi connectivity index (χ0v) is 16.4. The first-order valence-corrected chi connectivity index (χ1v) is 9.55. The van der Waals surface area contributed by atoms with Crippen molar-refractivity contribution >= 4 is 11.7 Å². The van der Waals surface area contributed by atoms with E-state index in [-0.39, 0.29) is 12.1 Å². The van der Waals surface area contributed by atoms with Crippen LogP contribution >= 0.6 is 0 Å². The highest BCUT2D eigenvalue weighted by molar-refractivity contribution is 5.75. The van der Waals surface area contributed by atoms with Crippen LogP contribution in [0.2, 0.25) is 0 Å². The Hall–Kier alpha value is -2.47. The minimum Gasteiger partial charge on any atom is -0.464 e. The highest BCUT2D eigenvalue weighted by Crippen LogP contribution is 2.20. The van der Waals surface area contributed by atoms with Crippen LogP contribution in [-0.4, -0.2) is 50.8 Å². The molecule has 1 aliphatic rings. The van der Waals surface area contributed by atoms with E-state index in [9.17, 15) is 4.79 Å². The van der Waals surface area contributed by atoms with Crippen LogP contribution in [0.15, 0.2) is 40.8 Å². The van der Waals surface area contributed by atoms with Crippen molar-refractivity contribution in [2.24, 2.45) is 0 Å². The number of aryl methyl sites for hydroxylation is 2. The molecule has 3 rings (SSSR count). The number of piperazine rings is 1. The summed E-state index contributed by atoms with van der Waals surface area (Å²) < 4.78 is 11.1. The van der Waals surface area contributed by atoms with Gasteiger partial charge in [-0.3, -0.25) is 0 Å². The largest absolute Gasteiger partial charge is 0.464 e. The molecule has 1 atom stereocenters. The summed E-state index contributed by atoms with van der Waals surface area (Å²) in [6, 6.07) is 12.0. The normalized spacial score (nSPS) is 15.7. The Bertz CT molecular complexity index is 751. The van der Waals surface area contributed by atoms with Crippen LogP contribution in [0.4, 0.5) is 10.5 Å². The molecule has 1 fully saturated rings. The molecule has 0 radical (unpaired) electrons. The molecule has 1 aliphatic heterocycles. The highest BCUT2D eigenvalue weighted by atomic mass is 16.5. The molecule has 2 amide bonds. The fourth-order valence-corrected chi connectivity index (χ4v) is 3.37. The molecule has 0 spiro atoms. The fourth-order valence-electron chi connectivity index (χ4n) is 3.37. The number of methoxy groups -OCH3 is 1. The van der Waals surface area contributed by atoms with Gasteiger partial charge in [0.25, 0.3) is 0 Å². The number of furan rings is 1. The van der Waals surface area contributed by atoms with Crippen molar-refractivity contribution in [1.29, 1.82) is 0 Å². The molecule has 0 saturated carbocycles. The summed E-state index contributed by atoms with van der Waals surface area (Å²) in [6.07, 6.45) is 0.828. The molecule has 2 aromatic rings. The predicted molar refractivity (Wildman–Crippen MR) is 106 cm³/mol. The van der Waals surface area contributed by atoms with Gasteiger partial charge in [0.2, 0.25) is 0 Å². The Morgan fingerprint density at radius 3 is 2.63 bits per heavy atom. The summed E-state index contributed by atoms with van der Waals surface area (Å²) in [5.41, 5.74) is 2.47. The summed E-state index contributed by atoms with van der Waals surface area (Å²) in [5.74, 6) is 1.65. The number of amides is 2. The average molecular weight is 371 g/mol. The molecule has 1 aromatic carbocycles. The second-order valence-corrected chi connectivity index (χ2v) is 6.93. The molecular weight excluding hydrogens is 342 g/mol. The maximum Gasteiger partial charge on any atom is 0.318 e. The summed E-state index contributed by atoms with van der Waals surface area (Å²) in [5, 5.41) is 3.05. The molecule has 1 unspecified atom stereocenters. The Morgan fingerprint density at radius 2 is 2.00 bits per heavy atom. The van der Waals surface area contributed by atoms with E-state index in [0.717, 1.165) is 31.0 Å². The van der Waals surface area contributed by atoms with E-state index in [2.05, 4.69) is 41.4 Å². The lowest BCUT2D eigenvalue weighted by Gasteiger charge is -2.36. The number of nitrogens with zero attached hydrogens (tertiary/aromatic N) is 2. The lowest BCUT2D eigenvalue weighted by Crippen LogP contribution is -2.52. The Morgan fingerprint density at radius 1 is 1.22 bits per heavy atom. The molecule has 6 heteroatoms. The molecule has 6 nitrogen and oxygen atoms in total. The van der Waals surface area contributed by atoms with Gasteiger partial charge in [-0.05, 0) is 36.8 Å². The number of carbonyl (C=O) groups excluding carboxylic acids is 1. The van der Waals surface area contributed by atoms with Gasteiger partial charge in [0.1, 0.15) is 17.6 Å². The van der Waals surface area contributed by atoms with E-state index < -0.39 is 0 Å². The molecule has 0 aliphatic carbocycles. The smallest absolute Gasteiger partial charge is 0.318 e. The van der Waals surface area contributed by atoms with Crippen LogP contribution in [0.25, 0.3) is 0 Å². The lowest BCUT2D eigenvalue weighted by atomic mass is 10.2. The maximum absolute atomic E-state index is 12.7. The van der Waals surface area contributed by atoms with Gasteiger partial charge in [0.15, 0.2) is 0 Å². The number of ether oxygens (including phenoxy) is 1. The van der Waals surface area contributed by atoms with Crippen LogP contribution in [0.1, 0.15) is 30.0 Å². The Kier molecular flexibility index (Phi) is 6.40. The van der Waals surface area contributed by atoms with Crippen LogP contribution in [0, 0.1) is 6.92 Å². The molecule has 146 valence electrons. The van der Waals surface area contributed by atoms with Gasteiger partial charge in [-0.15, -0.1) is 0 Å². The van der Waals surface area contributed by atoms with Gasteiger partial charge in [-0.25, -0.2) is 4.79 Å². The van der Waals surface area contributed by atoms with E-state index in [4.69, 9.17) is 9.15 Å². The van der Waals surface area contributed by atoms with Gasteiger partial charge in [0, 0.05) is 45.4 Å². The number of carbonyl (C=O) groups is 1. The molecule has 2 heterocycles. The van der Waals surface area contributed by atoms with Crippen LogP contribution in [-0.2, 0) is 11.2 Å². The molecule has 1 aromatic heterocycles. The number of rotatable bonds is 6. The van der Waals surface area contributed by atoms with E-state index in [0.29, 0.717) is 19.7 Å². The Balaban J connectivity index is 1.57. The summed E-state index contributed by atoms with van der Waals surface area (Å²) >= 11 is 0. The summed E-state index contributed by atoms with van der Waals surface area (Å²) in [7, 11) is 1.63. The third-order valence-corrected chi connectivity index (χ3v) is 4.94. The first-order chi connectivity index (χ1) is 13.1. The van der Waals surface area contributed by atoms with Crippen molar-refractivity contribution in [3.63, 3.8) is 0 Å². The van der Waals surface area contributed by atoms with E-state index in [1.807, 2.05) is 24.0 Å².